The van der Waals surface area contributed by atoms with Gasteiger partial charge in [0.15, 0.2) is 0 Å². The van der Waals surface area contributed by atoms with E-state index in [1.165, 1.54) is 12.7 Å². The zero-order chi connectivity index (χ0) is 19.1. The van der Waals surface area contributed by atoms with E-state index < -0.39 is 6.04 Å². The Bertz CT molecular complexity index is 736. The Morgan fingerprint density at radius 2 is 1.50 bits per heavy atom. The van der Waals surface area contributed by atoms with Gasteiger partial charge in [-0.2, -0.15) is 0 Å². The molecule has 2 rings (SSSR count). The van der Waals surface area contributed by atoms with Crippen LogP contribution in [-0.4, -0.2) is 26.1 Å². The van der Waals surface area contributed by atoms with E-state index >= 15 is 0 Å². The molecular formula is C21H25NO4. The van der Waals surface area contributed by atoms with Gasteiger partial charge in [0, 0.05) is 5.56 Å². The van der Waals surface area contributed by atoms with Crippen molar-refractivity contribution >= 4 is 11.9 Å². The fourth-order valence-electron chi connectivity index (χ4n) is 2.60. The van der Waals surface area contributed by atoms with Crippen molar-refractivity contribution in [2.75, 3.05) is 14.2 Å². The highest BCUT2D eigenvalue weighted by Gasteiger charge is 2.20. The van der Waals surface area contributed by atoms with Gasteiger partial charge < -0.3 is 14.8 Å². The Labute approximate surface area is 154 Å². The maximum atomic E-state index is 12.6. The first-order chi connectivity index (χ1) is 12.4. The van der Waals surface area contributed by atoms with Crippen LogP contribution in [0.2, 0.25) is 0 Å². The number of esters is 1. The standard InChI is InChI=1S/C21H25NO4/c1-14(2)15-5-7-17(8-6-15)21(24)22-19(13-20(23)26-4)16-9-11-18(25-3)12-10-16/h5-12,14,19H,13H2,1-4H3,(H,22,24). The maximum absolute atomic E-state index is 12.6. The van der Waals surface area contributed by atoms with Crippen LogP contribution in [0.15, 0.2) is 48.5 Å². The van der Waals surface area contributed by atoms with Crippen molar-refractivity contribution in [3.8, 4) is 5.75 Å². The third-order valence-electron chi connectivity index (χ3n) is 4.26. The molecule has 0 bridgehead atoms. The zero-order valence-electron chi connectivity index (χ0n) is 15.6. The highest BCUT2D eigenvalue weighted by atomic mass is 16.5. The van der Waals surface area contributed by atoms with Crippen LogP contribution in [0.5, 0.6) is 5.75 Å². The lowest BCUT2D eigenvalue weighted by atomic mass is 10.0. The van der Waals surface area contributed by atoms with E-state index in [9.17, 15) is 9.59 Å². The molecule has 26 heavy (non-hydrogen) atoms. The normalized spacial score (nSPS) is 11.7. The monoisotopic (exact) mass is 355 g/mol. The average Bonchev–Trinajstić information content (AvgIpc) is 2.67. The fraction of sp³-hybridized carbons (Fsp3) is 0.333. The van der Waals surface area contributed by atoms with Crippen LogP contribution >= 0.6 is 0 Å². The van der Waals surface area contributed by atoms with Crippen LogP contribution in [0, 0.1) is 0 Å². The summed E-state index contributed by atoms with van der Waals surface area (Å²) in [5.41, 5.74) is 2.53. The molecule has 1 amide bonds. The zero-order valence-corrected chi connectivity index (χ0v) is 15.6. The summed E-state index contributed by atoms with van der Waals surface area (Å²) in [5.74, 6) is 0.492. The lowest BCUT2D eigenvalue weighted by Crippen LogP contribution is -2.30. The minimum atomic E-state index is -0.481. The number of rotatable bonds is 7. The van der Waals surface area contributed by atoms with Crippen LogP contribution in [0.3, 0.4) is 0 Å². The van der Waals surface area contributed by atoms with Gasteiger partial charge in [-0.05, 0) is 41.3 Å². The van der Waals surface area contributed by atoms with Crippen LogP contribution < -0.4 is 10.1 Å². The number of hydrogen-bond donors (Lipinski definition) is 1. The molecule has 0 saturated carbocycles. The molecule has 0 heterocycles. The molecule has 0 aromatic heterocycles. The number of nitrogens with one attached hydrogen (secondary N) is 1. The number of hydrogen-bond acceptors (Lipinski definition) is 4. The highest BCUT2D eigenvalue weighted by Crippen LogP contribution is 2.22. The molecule has 5 heteroatoms. The lowest BCUT2D eigenvalue weighted by Gasteiger charge is -2.19. The molecule has 0 aliphatic heterocycles. The molecule has 0 spiro atoms. The number of methoxy groups -OCH3 is 2. The molecule has 0 aliphatic rings. The first-order valence-corrected chi connectivity index (χ1v) is 8.56. The predicted molar refractivity (Wildman–Crippen MR) is 100 cm³/mol. The van der Waals surface area contributed by atoms with Gasteiger partial charge in [0.1, 0.15) is 5.75 Å². The number of amides is 1. The summed E-state index contributed by atoms with van der Waals surface area (Å²) in [4.78, 5) is 24.4. The predicted octanol–water partition coefficient (Wildman–Crippen LogP) is 3.85. The summed E-state index contributed by atoms with van der Waals surface area (Å²) in [6.07, 6.45) is 0.0542. The second-order valence-electron chi connectivity index (χ2n) is 6.36. The van der Waals surface area contributed by atoms with E-state index in [-0.39, 0.29) is 18.3 Å². The molecular weight excluding hydrogens is 330 g/mol. The van der Waals surface area contributed by atoms with Gasteiger partial charge >= 0.3 is 5.97 Å². The number of ether oxygens (including phenoxy) is 2. The maximum Gasteiger partial charge on any atom is 0.307 e. The molecule has 0 fully saturated rings. The van der Waals surface area contributed by atoms with Crippen molar-refractivity contribution < 1.29 is 19.1 Å². The Balaban J connectivity index is 2.18. The molecule has 0 saturated heterocycles. The van der Waals surface area contributed by atoms with E-state index in [1.807, 2.05) is 24.3 Å². The molecule has 138 valence electrons. The molecule has 0 aliphatic carbocycles. The van der Waals surface area contributed by atoms with Gasteiger partial charge in [0.05, 0.1) is 26.7 Å². The van der Waals surface area contributed by atoms with Gasteiger partial charge in [0.25, 0.3) is 5.91 Å². The van der Waals surface area contributed by atoms with Gasteiger partial charge in [-0.3, -0.25) is 9.59 Å². The number of benzene rings is 2. The third-order valence-corrected chi connectivity index (χ3v) is 4.26. The number of carbonyl (C=O) groups is 2. The highest BCUT2D eigenvalue weighted by molar-refractivity contribution is 5.94. The van der Waals surface area contributed by atoms with Crippen molar-refractivity contribution in [3.05, 3.63) is 65.2 Å². The van der Waals surface area contributed by atoms with Crippen molar-refractivity contribution in [2.24, 2.45) is 0 Å². The molecule has 5 nitrogen and oxygen atoms in total. The van der Waals surface area contributed by atoms with E-state index in [0.717, 1.165) is 5.56 Å². The quantitative estimate of drug-likeness (QED) is 0.766. The van der Waals surface area contributed by atoms with Gasteiger partial charge in [-0.25, -0.2) is 0 Å². The molecule has 1 atom stereocenters. The second-order valence-corrected chi connectivity index (χ2v) is 6.36. The fourth-order valence-corrected chi connectivity index (χ4v) is 2.60. The molecule has 0 radical (unpaired) electrons. The summed E-state index contributed by atoms with van der Waals surface area (Å²) in [6.45, 7) is 4.20. The van der Waals surface area contributed by atoms with Gasteiger partial charge in [-0.1, -0.05) is 38.1 Å². The van der Waals surface area contributed by atoms with E-state index in [1.54, 1.807) is 31.4 Å². The van der Waals surface area contributed by atoms with Gasteiger partial charge in [0.2, 0.25) is 0 Å². The first-order valence-electron chi connectivity index (χ1n) is 8.56. The van der Waals surface area contributed by atoms with E-state index in [0.29, 0.717) is 17.2 Å². The summed E-state index contributed by atoms with van der Waals surface area (Å²) in [7, 11) is 2.92. The number of carbonyl (C=O) groups excluding carboxylic acids is 2. The van der Waals surface area contributed by atoms with Crippen LogP contribution in [0.25, 0.3) is 0 Å². The Morgan fingerprint density at radius 1 is 0.923 bits per heavy atom. The Kier molecular flexibility index (Phi) is 6.78. The van der Waals surface area contributed by atoms with Crippen LogP contribution in [0.1, 0.15) is 53.7 Å². The van der Waals surface area contributed by atoms with Crippen LogP contribution in [0.4, 0.5) is 0 Å². The summed E-state index contributed by atoms with van der Waals surface area (Å²) in [6, 6.07) is 14.3. The lowest BCUT2D eigenvalue weighted by molar-refractivity contribution is -0.141. The van der Waals surface area contributed by atoms with E-state index in [2.05, 4.69) is 19.2 Å². The Hall–Kier alpha value is -2.82. The molecule has 2 aromatic rings. The van der Waals surface area contributed by atoms with Crippen molar-refractivity contribution in [1.82, 2.24) is 5.32 Å². The van der Waals surface area contributed by atoms with Crippen molar-refractivity contribution in [1.29, 1.82) is 0 Å². The SMILES string of the molecule is COC(=O)CC(NC(=O)c1ccc(C(C)C)cc1)c1ccc(OC)cc1. The smallest absolute Gasteiger partial charge is 0.307 e. The van der Waals surface area contributed by atoms with Crippen LogP contribution in [-0.2, 0) is 9.53 Å². The average molecular weight is 355 g/mol. The molecule has 1 unspecified atom stereocenters. The molecule has 1 N–H and O–H groups in total. The molecule has 2 aromatic carbocycles. The topological polar surface area (TPSA) is 64.6 Å². The van der Waals surface area contributed by atoms with Crippen molar-refractivity contribution in [3.63, 3.8) is 0 Å². The third kappa shape index (κ3) is 5.09. The largest absolute Gasteiger partial charge is 0.497 e. The van der Waals surface area contributed by atoms with Gasteiger partial charge in [-0.15, -0.1) is 0 Å². The first kappa shape index (κ1) is 19.5. The minimum Gasteiger partial charge on any atom is -0.497 e. The second kappa shape index (κ2) is 9.04. The summed E-state index contributed by atoms with van der Waals surface area (Å²) in [5, 5.41) is 2.92. The van der Waals surface area contributed by atoms with E-state index in [4.69, 9.17) is 9.47 Å². The summed E-state index contributed by atoms with van der Waals surface area (Å²) < 4.78 is 9.91. The van der Waals surface area contributed by atoms with Crippen molar-refractivity contribution in [2.45, 2.75) is 32.2 Å². The minimum absolute atomic E-state index is 0.0542. The Morgan fingerprint density at radius 3 is 2.00 bits per heavy atom. The summed E-state index contributed by atoms with van der Waals surface area (Å²) >= 11 is 0.